The largest absolute Gasteiger partial charge is 0.478 e. The molecule has 0 spiro atoms. The average Bonchev–Trinajstić information content (AvgIpc) is 3.09. The molecule has 2 saturated heterocycles. The zero-order chi connectivity index (χ0) is 19.7. The van der Waals surface area contributed by atoms with Gasteiger partial charge in [-0.1, -0.05) is 0 Å². The Morgan fingerprint density at radius 2 is 1.93 bits per heavy atom. The van der Waals surface area contributed by atoms with E-state index in [-0.39, 0.29) is 5.56 Å². The van der Waals surface area contributed by atoms with Gasteiger partial charge in [0.15, 0.2) is 5.58 Å². The summed E-state index contributed by atoms with van der Waals surface area (Å²) in [4.78, 5) is 20.9. The van der Waals surface area contributed by atoms with E-state index in [2.05, 4.69) is 14.8 Å². The number of oxazole rings is 1. The van der Waals surface area contributed by atoms with Crippen molar-refractivity contribution in [3.05, 3.63) is 23.1 Å². The summed E-state index contributed by atoms with van der Waals surface area (Å²) in [6, 6.07) is 2.25. The van der Waals surface area contributed by atoms with E-state index >= 15 is 0 Å². The SMILES string of the molecule is Cc1c(N(C)C2CCOCC2)cc2oc(CN3CCOCC3)nc2c1C(=O)O. The van der Waals surface area contributed by atoms with E-state index in [1.54, 1.807) is 0 Å². The van der Waals surface area contributed by atoms with Gasteiger partial charge in [0.1, 0.15) is 5.52 Å². The third-order valence-corrected chi connectivity index (χ3v) is 5.76. The first kappa shape index (κ1) is 19.2. The molecule has 8 heteroatoms. The van der Waals surface area contributed by atoms with E-state index < -0.39 is 5.97 Å². The van der Waals surface area contributed by atoms with Gasteiger partial charge in [0.25, 0.3) is 0 Å². The lowest BCUT2D eigenvalue weighted by atomic mass is 10.0. The monoisotopic (exact) mass is 389 g/mol. The zero-order valence-corrected chi connectivity index (χ0v) is 16.4. The number of morpholine rings is 1. The third kappa shape index (κ3) is 3.72. The van der Waals surface area contributed by atoms with Crippen molar-refractivity contribution in [2.75, 3.05) is 51.5 Å². The van der Waals surface area contributed by atoms with E-state index in [1.807, 2.05) is 20.0 Å². The van der Waals surface area contributed by atoms with Crippen molar-refractivity contribution in [2.24, 2.45) is 0 Å². The zero-order valence-electron chi connectivity index (χ0n) is 16.4. The maximum Gasteiger partial charge on any atom is 0.338 e. The van der Waals surface area contributed by atoms with Gasteiger partial charge in [-0.05, 0) is 25.3 Å². The van der Waals surface area contributed by atoms with Crippen LogP contribution in [0.2, 0.25) is 0 Å². The van der Waals surface area contributed by atoms with Gasteiger partial charge in [-0.15, -0.1) is 0 Å². The van der Waals surface area contributed by atoms with Gasteiger partial charge in [0.05, 0.1) is 25.3 Å². The van der Waals surface area contributed by atoms with Gasteiger partial charge in [-0.3, -0.25) is 4.90 Å². The van der Waals surface area contributed by atoms with Crippen molar-refractivity contribution in [1.82, 2.24) is 9.88 Å². The summed E-state index contributed by atoms with van der Waals surface area (Å²) in [5, 5.41) is 9.86. The summed E-state index contributed by atoms with van der Waals surface area (Å²) in [7, 11) is 2.01. The number of carboxylic acids is 1. The summed E-state index contributed by atoms with van der Waals surface area (Å²) in [6.07, 6.45) is 1.85. The Labute approximate surface area is 164 Å². The summed E-state index contributed by atoms with van der Waals surface area (Å²) in [6.45, 7) is 6.90. The van der Waals surface area contributed by atoms with Crippen molar-refractivity contribution in [1.29, 1.82) is 0 Å². The molecule has 0 bridgehead atoms. The molecule has 0 radical (unpaired) electrons. The first-order valence-corrected chi connectivity index (χ1v) is 9.81. The van der Waals surface area contributed by atoms with Gasteiger partial charge >= 0.3 is 5.97 Å². The Hall–Kier alpha value is -2.16. The lowest BCUT2D eigenvalue weighted by Crippen LogP contribution is -2.37. The molecule has 0 amide bonds. The molecule has 0 unspecified atom stereocenters. The summed E-state index contributed by atoms with van der Waals surface area (Å²) < 4.78 is 16.8. The molecule has 0 aliphatic carbocycles. The number of fused-ring (bicyclic) bond motifs is 1. The molecule has 2 fully saturated rings. The lowest BCUT2D eigenvalue weighted by Gasteiger charge is -2.34. The highest BCUT2D eigenvalue weighted by atomic mass is 16.5. The van der Waals surface area contributed by atoms with E-state index in [9.17, 15) is 9.90 Å². The smallest absolute Gasteiger partial charge is 0.338 e. The molecule has 2 aromatic rings. The fourth-order valence-corrected chi connectivity index (χ4v) is 4.11. The van der Waals surface area contributed by atoms with Gasteiger partial charge in [0, 0.05) is 51.1 Å². The van der Waals surface area contributed by atoms with Gasteiger partial charge in [-0.2, -0.15) is 0 Å². The van der Waals surface area contributed by atoms with Crippen molar-refractivity contribution >= 4 is 22.8 Å². The number of hydrogen-bond acceptors (Lipinski definition) is 7. The third-order valence-electron chi connectivity index (χ3n) is 5.76. The van der Waals surface area contributed by atoms with Crippen LogP contribution in [0.15, 0.2) is 10.5 Å². The normalized spacial score (nSPS) is 19.2. The van der Waals surface area contributed by atoms with Crippen molar-refractivity contribution in [3.8, 4) is 0 Å². The molecule has 3 heterocycles. The summed E-state index contributed by atoms with van der Waals surface area (Å²) >= 11 is 0. The second-order valence-electron chi connectivity index (χ2n) is 7.50. The number of aromatic nitrogens is 1. The molecule has 1 aromatic carbocycles. The second-order valence-corrected chi connectivity index (χ2v) is 7.50. The number of nitrogens with zero attached hydrogens (tertiary/aromatic N) is 3. The molecule has 0 saturated carbocycles. The fraction of sp³-hybridized carbons (Fsp3) is 0.600. The number of hydrogen-bond donors (Lipinski definition) is 1. The molecule has 0 atom stereocenters. The number of ether oxygens (including phenoxy) is 2. The fourth-order valence-electron chi connectivity index (χ4n) is 4.11. The number of carboxylic acid groups (broad SMARTS) is 1. The predicted octanol–water partition coefficient (Wildman–Crippen LogP) is 2.28. The minimum Gasteiger partial charge on any atom is -0.478 e. The highest BCUT2D eigenvalue weighted by molar-refractivity contribution is 6.04. The standard InChI is InChI=1S/C20H27N3O5/c1-13-15(22(2)14-3-7-26-8-4-14)11-16-19(18(13)20(24)25)21-17(28-16)12-23-5-9-27-10-6-23/h11,14H,3-10,12H2,1-2H3,(H,24,25). The van der Waals surface area contributed by atoms with Crippen LogP contribution >= 0.6 is 0 Å². The van der Waals surface area contributed by atoms with Crippen molar-refractivity contribution in [3.63, 3.8) is 0 Å². The maximum absolute atomic E-state index is 12.0. The minimum atomic E-state index is -0.976. The van der Waals surface area contributed by atoms with Crippen LogP contribution in [-0.4, -0.2) is 73.6 Å². The van der Waals surface area contributed by atoms with E-state index in [0.29, 0.717) is 42.8 Å². The average molecular weight is 389 g/mol. The molecule has 1 aromatic heterocycles. The van der Waals surface area contributed by atoms with Gasteiger partial charge in [-0.25, -0.2) is 9.78 Å². The number of rotatable bonds is 5. The maximum atomic E-state index is 12.0. The quantitative estimate of drug-likeness (QED) is 0.833. The van der Waals surface area contributed by atoms with Crippen molar-refractivity contribution < 1.29 is 23.8 Å². The van der Waals surface area contributed by atoms with Crippen molar-refractivity contribution in [2.45, 2.75) is 32.4 Å². The molecule has 2 aliphatic heterocycles. The van der Waals surface area contributed by atoms with Gasteiger partial charge in [0.2, 0.25) is 5.89 Å². The number of carbonyl (C=O) groups is 1. The van der Waals surface area contributed by atoms with E-state index in [0.717, 1.165) is 50.4 Å². The molecule has 1 N–H and O–H groups in total. The summed E-state index contributed by atoms with van der Waals surface area (Å²) in [5.74, 6) is -0.430. The van der Waals surface area contributed by atoms with Crippen LogP contribution in [-0.2, 0) is 16.0 Å². The molecule has 2 aliphatic rings. The molecular weight excluding hydrogens is 362 g/mol. The molecule has 152 valence electrons. The van der Waals surface area contributed by atoms with E-state index in [1.165, 1.54) is 0 Å². The van der Waals surface area contributed by atoms with Gasteiger partial charge < -0.3 is 23.9 Å². The molecule has 28 heavy (non-hydrogen) atoms. The number of anilines is 1. The Morgan fingerprint density at radius 1 is 1.25 bits per heavy atom. The minimum absolute atomic E-state index is 0.225. The molecular formula is C20H27N3O5. The highest BCUT2D eigenvalue weighted by Gasteiger charge is 2.26. The van der Waals surface area contributed by atoms with Crippen LogP contribution in [0, 0.1) is 6.92 Å². The second kappa shape index (κ2) is 8.06. The Bertz CT molecular complexity index is 853. The first-order chi connectivity index (χ1) is 13.5. The Kier molecular flexibility index (Phi) is 5.52. The topological polar surface area (TPSA) is 88.3 Å². The Morgan fingerprint density at radius 3 is 2.61 bits per heavy atom. The van der Waals surface area contributed by atoms with Crippen LogP contribution in [0.3, 0.4) is 0 Å². The molecule has 4 rings (SSSR count). The van der Waals surface area contributed by atoms with Crippen LogP contribution in [0.25, 0.3) is 11.1 Å². The highest BCUT2D eigenvalue weighted by Crippen LogP contribution is 2.33. The first-order valence-electron chi connectivity index (χ1n) is 9.81. The van der Waals surface area contributed by atoms with E-state index in [4.69, 9.17) is 13.9 Å². The Balaban J connectivity index is 1.70. The molecule has 8 nitrogen and oxygen atoms in total. The van der Waals surface area contributed by atoms with Crippen LogP contribution in [0.4, 0.5) is 5.69 Å². The number of benzene rings is 1. The lowest BCUT2D eigenvalue weighted by molar-refractivity contribution is 0.0308. The number of aromatic carboxylic acids is 1. The summed E-state index contributed by atoms with van der Waals surface area (Å²) in [5.41, 5.74) is 2.78. The predicted molar refractivity (Wildman–Crippen MR) is 104 cm³/mol. The van der Waals surface area contributed by atoms with Crippen LogP contribution < -0.4 is 4.90 Å². The van der Waals surface area contributed by atoms with Crippen LogP contribution in [0.1, 0.15) is 34.7 Å². The van der Waals surface area contributed by atoms with Crippen LogP contribution in [0.5, 0.6) is 0 Å².